The predicted octanol–water partition coefficient (Wildman–Crippen LogP) is 1.90. The van der Waals surface area contributed by atoms with Crippen molar-refractivity contribution in [1.29, 1.82) is 0 Å². The molecule has 0 aliphatic rings. The molecule has 0 aromatic rings. The second-order valence-corrected chi connectivity index (χ2v) is 1.52. The van der Waals surface area contributed by atoms with Crippen LogP contribution in [0.4, 0.5) is 0 Å². The van der Waals surface area contributed by atoms with Crippen molar-refractivity contribution in [3.05, 3.63) is 12.2 Å². The highest BCUT2D eigenvalue weighted by Gasteiger charge is 1.51. The van der Waals surface area contributed by atoms with Gasteiger partial charge in [-0.1, -0.05) is 5.57 Å². The Morgan fingerprint density at radius 1 is 1.43 bits per heavy atom. The molecule has 1 nitrogen and oxygen atoms in total. The average Bonchev–Trinajstić information content (AvgIpc) is 1.33. The first-order valence-electron chi connectivity index (χ1n) is 2.12. The molecule has 0 heterocycles. The lowest BCUT2D eigenvalue weighted by Gasteiger charge is -1.65. The Labute approximate surface area is 45.8 Å². The Morgan fingerprint density at radius 2 is 1.43 bits per heavy atom. The fourth-order valence-electron chi connectivity index (χ4n) is 0. The van der Waals surface area contributed by atoms with Gasteiger partial charge in [-0.3, -0.25) is 0 Å². The third kappa shape index (κ3) is 181. The fraction of sp³-hybridized carbons (Fsp3) is 0.500. The molecule has 7 heavy (non-hydrogen) atoms. The molecule has 0 aliphatic heterocycles. The van der Waals surface area contributed by atoms with Gasteiger partial charge >= 0.3 is 0 Å². The zero-order chi connectivity index (χ0) is 6.28. The fourth-order valence-corrected chi connectivity index (χ4v) is 0. The molecule has 0 spiro atoms. The summed E-state index contributed by atoms with van der Waals surface area (Å²) in [6, 6.07) is 0. The first-order valence-corrected chi connectivity index (χ1v) is 2.12. The second kappa shape index (κ2) is 9.05. The van der Waals surface area contributed by atoms with Crippen molar-refractivity contribution < 1.29 is 0 Å². The van der Waals surface area contributed by atoms with Crippen LogP contribution in [0.1, 0.15) is 13.8 Å². The Balaban J connectivity index is 0. The minimum atomic E-state index is 1.17. The molecule has 0 saturated carbocycles. The molecular weight excluding hydrogens is 86.1 g/mol. The van der Waals surface area contributed by atoms with Gasteiger partial charge < -0.3 is 4.99 Å². The highest BCUT2D eigenvalue weighted by atomic mass is 14.6. The lowest BCUT2D eigenvalue weighted by Crippen LogP contribution is -1.43. The second-order valence-electron chi connectivity index (χ2n) is 1.52. The van der Waals surface area contributed by atoms with Gasteiger partial charge in [-0.25, -0.2) is 0 Å². The van der Waals surface area contributed by atoms with E-state index in [1.54, 1.807) is 7.05 Å². The summed E-state index contributed by atoms with van der Waals surface area (Å²) in [7, 11) is 1.64. The SMILES string of the molecule is C=C(C)C.C=NC. The Morgan fingerprint density at radius 3 is 1.43 bits per heavy atom. The molecule has 0 atom stereocenters. The molecule has 0 fully saturated rings. The van der Waals surface area contributed by atoms with Crippen molar-refractivity contribution in [2.24, 2.45) is 4.99 Å². The van der Waals surface area contributed by atoms with Crippen molar-refractivity contribution in [2.75, 3.05) is 7.05 Å². The average molecular weight is 99.2 g/mol. The Hall–Kier alpha value is -0.590. The van der Waals surface area contributed by atoms with Crippen LogP contribution in [0.5, 0.6) is 0 Å². The van der Waals surface area contributed by atoms with E-state index in [1.807, 2.05) is 13.8 Å². The van der Waals surface area contributed by atoms with Crippen molar-refractivity contribution >= 4 is 6.72 Å². The quantitative estimate of drug-likeness (QED) is 0.325. The van der Waals surface area contributed by atoms with Crippen LogP contribution in [-0.2, 0) is 0 Å². The predicted molar refractivity (Wildman–Crippen MR) is 36.0 cm³/mol. The maximum absolute atomic E-state index is 3.56. The van der Waals surface area contributed by atoms with Crippen LogP contribution < -0.4 is 0 Å². The van der Waals surface area contributed by atoms with E-state index in [0.717, 1.165) is 0 Å². The van der Waals surface area contributed by atoms with Gasteiger partial charge in [-0.15, -0.1) is 6.58 Å². The molecule has 0 saturated heterocycles. The zero-order valence-electron chi connectivity index (χ0n) is 5.36. The van der Waals surface area contributed by atoms with Gasteiger partial charge in [0.1, 0.15) is 0 Å². The van der Waals surface area contributed by atoms with Crippen molar-refractivity contribution in [2.45, 2.75) is 13.8 Å². The van der Waals surface area contributed by atoms with E-state index in [4.69, 9.17) is 0 Å². The summed E-state index contributed by atoms with van der Waals surface area (Å²) in [6.45, 7) is 10.6. The molecule has 0 rings (SSSR count). The molecule has 0 N–H and O–H groups in total. The topological polar surface area (TPSA) is 12.4 Å². The number of hydrogen-bond donors (Lipinski definition) is 0. The van der Waals surface area contributed by atoms with Crippen molar-refractivity contribution in [1.82, 2.24) is 0 Å². The number of allylic oxidation sites excluding steroid dienone is 1. The number of aliphatic imine (C=N–C) groups is 1. The standard InChI is InChI=1S/C4H8.C2H5N/c1-4(2)3;1-3-2/h1H2,2-3H3;1H2,2H3. The van der Waals surface area contributed by atoms with Crippen LogP contribution in [-0.4, -0.2) is 13.8 Å². The highest BCUT2D eigenvalue weighted by Crippen LogP contribution is 1.73. The molecule has 0 unspecified atom stereocenters. The molecule has 0 radical (unpaired) electrons. The van der Waals surface area contributed by atoms with E-state index < -0.39 is 0 Å². The van der Waals surface area contributed by atoms with E-state index in [-0.39, 0.29) is 0 Å². The van der Waals surface area contributed by atoms with Gasteiger partial charge in [-0.2, -0.15) is 0 Å². The summed E-state index contributed by atoms with van der Waals surface area (Å²) < 4.78 is 0. The van der Waals surface area contributed by atoms with Crippen LogP contribution in [0.25, 0.3) is 0 Å². The van der Waals surface area contributed by atoms with Gasteiger partial charge in [0.05, 0.1) is 0 Å². The van der Waals surface area contributed by atoms with Gasteiger partial charge in [0.2, 0.25) is 0 Å². The molecule has 42 valence electrons. The summed E-state index contributed by atoms with van der Waals surface area (Å²) in [5.41, 5.74) is 1.17. The molecular formula is C6H13N. The van der Waals surface area contributed by atoms with Crippen LogP contribution in [0.2, 0.25) is 0 Å². The summed E-state index contributed by atoms with van der Waals surface area (Å²) in [4.78, 5) is 3.25. The minimum Gasteiger partial charge on any atom is -0.304 e. The largest absolute Gasteiger partial charge is 0.304 e. The highest BCUT2D eigenvalue weighted by molar-refractivity contribution is 5.22. The monoisotopic (exact) mass is 99.1 g/mol. The van der Waals surface area contributed by atoms with Crippen LogP contribution in [0, 0.1) is 0 Å². The molecule has 0 aromatic carbocycles. The van der Waals surface area contributed by atoms with E-state index in [1.165, 1.54) is 5.57 Å². The van der Waals surface area contributed by atoms with Gasteiger partial charge in [0, 0.05) is 7.05 Å². The summed E-state index contributed by atoms with van der Waals surface area (Å²) >= 11 is 0. The van der Waals surface area contributed by atoms with Gasteiger partial charge in [-0.05, 0) is 20.6 Å². The number of hydrogen-bond acceptors (Lipinski definition) is 1. The van der Waals surface area contributed by atoms with Gasteiger partial charge in [0.25, 0.3) is 0 Å². The van der Waals surface area contributed by atoms with Gasteiger partial charge in [0.15, 0.2) is 0 Å². The first kappa shape index (κ1) is 9.65. The van der Waals surface area contributed by atoms with E-state index >= 15 is 0 Å². The van der Waals surface area contributed by atoms with Crippen molar-refractivity contribution in [3.8, 4) is 0 Å². The maximum atomic E-state index is 3.56. The van der Waals surface area contributed by atoms with Crippen molar-refractivity contribution in [3.63, 3.8) is 0 Å². The normalized spacial score (nSPS) is 5.57. The lowest BCUT2D eigenvalue weighted by molar-refractivity contribution is 1.42. The summed E-state index contributed by atoms with van der Waals surface area (Å²) in [5.74, 6) is 0. The van der Waals surface area contributed by atoms with Crippen LogP contribution in [0.15, 0.2) is 17.1 Å². The first-order chi connectivity index (χ1) is 3.15. The number of rotatable bonds is 0. The third-order valence-electron chi connectivity index (χ3n) is 0. The molecule has 0 aliphatic carbocycles. The Bertz CT molecular complexity index is 51.2. The maximum Gasteiger partial charge on any atom is 0.0269 e. The Kier molecular flexibility index (Phi) is 12.5. The van der Waals surface area contributed by atoms with Crippen LogP contribution >= 0.6 is 0 Å². The van der Waals surface area contributed by atoms with E-state index in [0.29, 0.717) is 0 Å². The number of nitrogens with zero attached hydrogens (tertiary/aromatic N) is 1. The zero-order valence-corrected chi connectivity index (χ0v) is 5.36. The molecule has 1 heteroatoms. The smallest absolute Gasteiger partial charge is 0.0269 e. The summed E-state index contributed by atoms with van der Waals surface area (Å²) in [5, 5.41) is 0. The molecule has 0 aromatic heterocycles. The lowest BCUT2D eigenvalue weighted by atomic mass is 10.4. The third-order valence-corrected chi connectivity index (χ3v) is 0. The molecule has 0 amide bonds. The van der Waals surface area contributed by atoms with E-state index in [2.05, 4.69) is 18.3 Å². The minimum absolute atomic E-state index is 1.17. The molecule has 0 bridgehead atoms. The van der Waals surface area contributed by atoms with Crippen LogP contribution in [0.3, 0.4) is 0 Å². The summed E-state index contributed by atoms with van der Waals surface area (Å²) in [6.07, 6.45) is 0. The van der Waals surface area contributed by atoms with E-state index in [9.17, 15) is 0 Å².